The van der Waals surface area contributed by atoms with Crippen LogP contribution in [-0.4, -0.2) is 48.2 Å². The number of para-hydroxylation sites is 2. The first kappa shape index (κ1) is 17.8. The third-order valence-electron chi connectivity index (χ3n) is 5.52. The van der Waals surface area contributed by atoms with Gasteiger partial charge in [-0.25, -0.2) is 4.98 Å². The van der Waals surface area contributed by atoms with Crippen molar-refractivity contribution in [2.75, 3.05) is 38.6 Å². The molecule has 1 fully saturated rings. The van der Waals surface area contributed by atoms with Gasteiger partial charge in [0.1, 0.15) is 0 Å². The molecule has 0 N–H and O–H groups in total. The molecule has 1 aromatic heterocycles. The maximum Gasteiger partial charge on any atom is 0.0960 e. The van der Waals surface area contributed by atoms with E-state index in [-0.39, 0.29) is 0 Å². The molecule has 0 spiro atoms. The van der Waals surface area contributed by atoms with Gasteiger partial charge in [0.15, 0.2) is 0 Å². The van der Waals surface area contributed by atoms with Crippen molar-refractivity contribution in [3.05, 3.63) is 66.5 Å². The topological polar surface area (TPSA) is 24.3 Å². The Bertz CT molecular complexity index is 900. The van der Waals surface area contributed by atoms with Gasteiger partial charge in [-0.05, 0) is 42.7 Å². The summed E-state index contributed by atoms with van der Waals surface area (Å²) in [6, 6.07) is 17.7. The Morgan fingerprint density at radius 2 is 1.78 bits per heavy atom. The molecule has 0 atom stereocenters. The minimum absolute atomic E-state index is 0.566. The van der Waals surface area contributed by atoms with Gasteiger partial charge in [-0.2, -0.15) is 0 Å². The van der Waals surface area contributed by atoms with E-state index in [1.807, 2.05) is 6.33 Å². The molecule has 0 amide bonds. The number of aromatic nitrogens is 2. The number of rotatable bonds is 5. The van der Waals surface area contributed by atoms with Gasteiger partial charge in [0.25, 0.3) is 0 Å². The molecule has 2 heterocycles. The van der Waals surface area contributed by atoms with E-state index in [2.05, 4.69) is 94.1 Å². The number of hydrogen-bond donors (Lipinski definition) is 0. The van der Waals surface area contributed by atoms with Crippen molar-refractivity contribution >= 4 is 22.8 Å². The van der Waals surface area contributed by atoms with Crippen LogP contribution in [-0.2, 0) is 0 Å². The van der Waals surface area contributed by atoms with Crippen molar-refractivity contribution in [2.24, 2.45) is 0 Å². The molecule has 1 aliphatic heterocycles. The summed E-state index contributed by atoms with van der Waals surface area (Å²) >= 11 is 0. The van der Waals surface area contributed by atoms with Crippen LogP contribution in [0.2, 0.25) is 0 Å². The monoisotopic (exact) mass is 360 g/mol. The van der Waals surface area contributed by atoms with Gasteiger partial charge in [0, 0.05) is 45.5 Å². The highest BCUT2D eigenvalue weighted by Gasteiger charge is 2.20. The third-order valence-corrected chi connectivity index (χ3v) is 5.52. The molecule has 4 heteroatoms. The highest BCUT2D eigenvalue weighted by Crippen LogP contribution is 2.26. The summed E-state index contributed by atoms with van der Waals surface area (Å²) in [6.07, 6.45) is 8.91. The van der Waals surface area contributed by atoms with Gasteiger partial charge in [-0.3, -0.25) is 4.90 Å². The van der Waals surface area contributed by atoms with Crippen molar-refractivity contribution in [2.45, 2.75) is 18.9 Å². The Morgan fingerprint density at radius 3 is 2.52 bits per heavy atom. The molecule has 0 saturated carbocycles. The maximum absolute atomic E-state index is 4.55. The SMILES string of the molecule is CN(C)c1ccc(/C=C/CN2CCC(n3cnc4ccccc43)CC2)cc1. The van der Waals surface area contributed by atoms with E-state index in [9.17, 15) is 0 Å². The van der Waals surface area contributed by atoms with Gasteiger partial charge < -0.3 is 9.47 Å². The minimum atomic E-state index is 0.566. The molecule has 0 radical (unpaired) electrons. The second-order valence-electron chi connectivity index (χ2n) is 7.56. The third kappa shape index (κ3) is 4.06. The molecule has 1 saturated heterocycles. The summed E-state index contributed by atoms with van der Waals surface area (Å²) in [4.78, 5) is 9.22. The van der Waals surface area contributed by atoms with Crippen molar-refractivity contribution in [1.29, 1.82) is 0 Å². The summed E-state index contributed by atoms with van der Waals surface area (Å²) in [6.45, 7) is 3.30. The Balaban J connectivity index is 1.30. The smallest absolute Gasteiger partial charge is 0.0960 e. The quantitative estimate of drug-likeness (QED) is 0.672. The molecule has 1 aliphatic rings. The van der Waals surface area contributed by atoms with E-state index < -0.39 is 0 Å². The van der Waals surface area contributed by atoms with Crippen molar-refractivity contribution < 1.29 is 0 Å². The maximum atomic E-state index is 4.55. The van der Waals surface area contributed by atoms with Gasteiger partial charge in [0.05, 0.1) is 17.4 Å². The van der Waals surface area contributed by atoms with Crippen LogP contribution in [0, 0.1) is 0 Å². The molecule has 3 aromatic rings. The fourth-order valence-corrected chi connectivity index (χ4v) is 3.87. The molecule has 4 nitrogen and oxygen atoms in total. The van der Waals surface area contributed by atoms with Crippen molar-refractivity contribution in [3.8, 4) is 0 Å². The largest absolute Gasteiger partial charge is 0.378 e. The average Bonchev–Trinajstić information content (AvgIpc) is 3.13. The summed E-state index contributed by atoms with van der Waals surface area (Å²) in [5, 5.41) is 0. The van der Waals surface area contributed by atoms with E-state index in [1.54, 1.807) is 0 Å². The summed E-state index contributed by atoms with van der Waals surface area (Å²) < 4.78 is 2.37. The van der Waals surface area contributed by atoms with Crippen LogP contribution in [0.1, 0.15) is 24.4 Å². The Labute approximate surface area is 161 Å². The number of piperidine rings is 1. The molecule has 140 valence electrons. The number of benzene rings is 2. The number of fused-ring (bicyclic) bond motifs is 1. The number of anilines is 1. The molecule has 0 aliphatic carbocycles. The first-order chi connectivity index (χ1) is 13.2. The number of likely N-dealkylation sites (tertiary alicyclic amines) is 1. The predicted molar refractivity (Wildman–Crippen MR) is 114 cm³/mol. The van der Waals surface area contributed by atoms with E-state index in [0.717, 1.165) is 25.2 Å². The lowest BCUT2D eigenvalue weighted by Gasteiger charge is -2.32. The van der Waals surface area contributed by atoms with Gasteiger partial charge >= 0.3 is 0 Å². The minimum Gasteiger partial charge on any atom is -0.378 e. The highest BCUT2D eigenvalue weighted by atomic mass is 15.2. The van der Waals surface area contributed by atoms with E-state index in [1.165, 1.54) is 29.6 Å². The fraction of sp³-hybridized carbons (Fsp3) is 0.348. The van der Waals surface area contributed by atoms with Crippen molar-refractivity contribution in [3.63, 3.8) is 0 Å². The van der Waals surface area contributed by atoms with Gasteiger partial charge in [-0.1, -0.05) is 36.4 Å². The second kappa shape index (κ2) is 7.97. The lowest BCUT2D eigenvalue weighted by Crippen LogP contribution is -2.34. The molecule has 27 heavy (non-hydrogen) atoms. The zero-order valence-corrected chi connectivity index (χ0v) is 16.3. The number of nitrogens with zero attached hydrogens (tertiary/aromatic N) is 4. The molecular formula is C23H28N4. The normalized spacial score (nSPS) is 16.4. The summed E-state index contributed by atoms with van der Waals surface area (Å²) in [5.74, 6) is 0. The van der Waals surface area contributed by atoms with Crippen LogP contribution in [0.3, 0.4) is 0 Å². The zero-order valence-electron chi connectivity index (χ0n) is 16.3. The van der Waals surface area contributed by atoms with Crippen LogP contribution in [0.5, 0.6) is 0 Å². The van der Waals surface area contributed by atoms with Crippen LogP contribution in [0.25, 0.3) is 17.1 Å². The highest BCUT2D eigenvalue weighted by molar-refractivity contribution is 5.75. The molecule has 4 rings (SSSR count). The fourth-order valence-electron chi connectivity index (χ4n) is 3.87. The molecule has 2 aromatic carbocycles. The Hall–Kier alpha value is -2.59. The summed E-state index contributed by atoms with van der Waals surface area (Å²) in [7, 11) is 4.14. The lowest BCUT2D eigenvalue weighted by molar-refractivity contribution is 0.205. The zero-order chi connectivity index (χ0) is 18.6. The van der Waals surface area contributed by atoms with Gasteiger partial charge in [-0.15, -0.1) is 0 Å². The Morgan fingerprint density at radius 1 is 1.04 bits per heavy atom. The van der Waals surface area contributed by atoms with Crippen LogP contribution < -0.4 is 4.90 Å². The van der Waals surface area contributed by atoms with Gasteiger partial charge in [0.2, 0.25) is 0 Å². The second-order valence-corrected chi connectivity index (χ2v) is 7.56. The van der Waals surface area contributed by atoms with E-state index in [0.29, 0.717) is 6.04 Å². The molecular weight excluding hydrogens is 332 g/mol. The standard InChI is InChI=1S/C23H28N4/c1-25(2)20-11-9-19(10-12-20)6-5-15-26-16-13-21(14-17-26)27-18-24-22-7-3-4-8-23(22)27/h3-12,18,21H,13-17H2,1-2H3/b6-5+. The van der Waals surface area contributed by atoms with E-state index in [4.69, 9.17) is 0 Å². The first-order valence-corrected chi connectivity index (χ1v) is 9.78. The molecule has 0 bridgehead atoms. The Kier molecular flexibility index (Phi) is 5.26. The lowest BCUT2D eigenvalue weighted by atomic mass is 10.0. The average molecular weight is 361 g/mol. The predicted octanol–water partition coefficient (Wildman–Crippen LogP) is 4.45. The number of hydrogen-bond acceptors (Lipinski definition) is 3. The van der Waals surface area contributed by atoms with Crippen LogP contribution in [0.15, 0.2) is 60.9 Å². The van der Waals surface area contributed by atoms with E-state index >= 15 is 0 Å². The van der Waals surface area contributed by atoms with Crippen LogP contribution in [0.4, 0.5) is 5.69 Å². The van der Waals surface area contributed by atoms with Crippen LogP contribution >= 0.6 is 0 Å². The first-order valence-electron chi connectivity index (χ1n) is 9.78. The van der Waals surface area contributed by atoms with Crippen molar-refractivity contribution in [1.82, 2.24) is 14.5 Å². The number of imidazole rings is 1. The molecule has 0 unspecified atom stereocenters. The summed E-state index contributed by atoms with van der Waals surface area (Å²) in [5.41, 5.74) is 4.86.